The molecule has 596 valence electrons. The Hall–Kier alpha value is -12.4. The van der Waals surface area contributed by atoms with Crippen LogP contribution in [-0.2, 0) is 38.9 Å². The van der Waals surface area contributed by atoms with Gasteiger partial charge in [0.15, 0.2) is 0 Å². The SMILES string of the molecule is [2H]c1cc([2H])c([2H])c(-c2c([2H])c(C(C)(C)C)c([2H])c(-c3c([2H])c([2H])c([2H])c([2H])c3[2H])c2N2c3cc(-n4c5ccc(C(C)(C)C)cc5c5cc(C(C)(C)C)ccc54)ccc3B3c4ccc(-n5c6ccc(C(C)(C)C)cc6c6cc(C(C)(C)C)ccc65)cc4N(c4c(-c5c([2H])c([2H])c([2H])c([2H])c5[2H])cc(C(C)(C)C)cc4-c4c([2H])c([2H])c([2H])c([2H])c4[2H])c4cc(C5c6ccccc6Cc6ccccc65)cc2c43)c1[2H]. The Bertz CT molecular complexity index is 8040. The van der Waals surface area contributed by atoms with Crippen LogP contribution < -0.4 is 26.2 Å². The molecule has 0 amide bonds. The van der Waals surface area contributed by atoms with Crippen molar-refractivity contribution < 1.29 is 28.8 Å². The highest BCUT2D eigenvalue weighted by atomic mass is 15.2. The third kappa shape index (κ3) is 13.0. The fourth-order valence-corrected chi connectivity index (χ4v) is 18.8. The maximum Gasteiger partial charge on any atom is 0.252 e. The zero-order valence-electron chi connectivity index (χ0n) is 93.0. The number of hydrogen-bond donors (Lipinski definition) is 0. The van der Waals surface area contributed by atoms with Gasteiger partial charge >= 0.3 is 0 Å². The molecule has 0 radical (unpaired) electrons. The molecule has 2 aliphatic heterocycles. The fourth-order valence-electron chi connectivity index (χ4n) is 18.8. The summed E-state index contributed by atoms with van der Waals surface area (Å²) < 4.78 is 218. The summed E-state index contributed by atoms with van der Waals surface area (Å²) in [6.07, 6.45) is 0.493. The molecule has 1 aliphatic carbocycles. The molecule has 2 aromatic heterocycles. The van der Waals surface area contributed by atoms with Crippen molar-refractivity contribution >= 4 is 101 Å². The van der Waals surface area contributed by atoms with Gasteiger partial charge in [0.1, 0.15) is 0 Å². The Morgan fingerprint density at radius 3 is 0.983 bits per heavy atom. The van der Waals surface area contributed by atoms with Crippen LogP contribution in [0, 0.1) is 0 Å². The van der Waals surface area contributed by atoms with Crippen molar-refractivity contribution in [2.45, 2.75) is 169 Å². The van der Waals surface area contributed by atoms with Crippen molar-refractivity contribution in [3.8, 4) is 55.9 Å². The quantitative estimate of drug-likeness (QED) is 0.134. The molecule has 3 aliphatic rings. The van der Waals surface area contributed by atoms with E-state index in [-0.39, 0.29) is 83.4 Å². The summed E-state index contributed by atoms with van der Waals surface area (Å²) in [5.74, 6) is -0.788. The standard InChI is InChI=1S/C116H109BN4/c1-111(2,3)79-47-55-99-93(62-79)94-63-80(112(4,5)6)48-56-100(94)118(99)85-51-53-97-103(70-85)120(109-89(72-35-23-19-24-36-72)66-83(115(13,14)15)67-90(109)73-37-25-20-26-38-73)105-60-78(107-87-45-33-31-43-76(87)59-77-44-32-34-46-88(77)107)61-106-108(105)117(97)98-54-52-86(119-101-57-49-81(113(7,8)9)64-95(101)96-65-82(114(10,11)12)50-58-102(96)119)71-104(98)121(106)110-91(74-39-27-21-28-40-74)68-84(116(16,17)18)69-92(110)75-41-29-22-30-42-75/h19-58,60-71,107H,59H2,1-18H3/i19D,20D,21D,23D,24D,25D,26D,27D,28D,29D,30D,35D,36D,37D,38D,39D,40D,41D,42D,68D,69D. The molecule has 0 saturated heterocycles. The van der Waals surface area contributed by atoms with Crippen LogP contribution >= 0.6 is 0 Å². The molecule has 15 aromatic carbocycles. The van der Waals surface area contributed by atoms with Crippen LogP contribution in [0.4, 0.5) is 34.1 Å². The second kappa shape index (κ2) is 28.1. The smallest absolute Gasteiger partial charge is 0.252 e. The molecule has 4 heterocycles. The van der Waals surface area contributed by atoms with E-state index in [1.807, 2.05) is 79.1 Å². The summed E-state index contributed by atoms with van der Waals surface area (Å²) in [6.45, 7) is 36.2. The van der Waals surface area contributed by atoms with E-state index in [2.05, 4.69) is 214 Å². The lowest BCUT2D eigenvalue weighted by atomic mass is 9.33. The Morgan fingerprint density at radius 2 is 0.628 bits per heavy atom. The molecule has 0 unspecified atom stereocenters. The van der Waals surface area contributed by atoms with Crippen LogP contribution in [0.5, 0.6) is 0 Å². The number of anilines is 6. The third-order valence-electron chi connectivity index (χ3n) is 25.2. The monoisotopic (exact) mass is 1590 g/mol. The predicted molar refractivity (Wildman–Crippen MR) is 520 cm³/mol. The average molecular weight is 1590 g/mol. The van der Waals surface area contributed by atoms with Crippen molar-refractivity contribution in [3.63, 3.8) is 0 Å². The summed E-state index contributed by atoms with van der Waals surface area (Å²) in [4.78, 5) is 3.80. The molecule has 121 heavy (non-hydrogen) atoms. The number of nitrogens with zero attached hydrogens (tertiary/aromatic N) is 4. The van der Waals surface area contributed by atoms with E-state index in [1.54, 1.807) is 32.9 Å². The maximum absolute atomic E-state index is 11.4. The number of rotatable bonds is 9. The van der Waals surface area contributed by atoms with Crippen molar-refractivity contribution in [1.29, 1.82) is 0 Å². The van der Waals surface area contributed by atoms with E-state index >= 15 is 0 Å². The van der Waals surface area contributed by atoms with E-state index in [0.29, 0.717) is 56.7 Å². The van der Waals surface area contributed by atoms with E-state index in [4.69, 9.17) is 0 Å². The van der Waals surface area contributed by atoms with Gasteiger partial charge in [0, 0.05) is 83.8 Å². The topological polar surface area (TPSA) is 16.3 Å². The van der Waals surface area contributed by atoms with Gasteiger partial charge in [-0.3, -0.25) is 0 Å². The average Bonchev–Trinajstić information content (AvgIpc) is 0.685. The van der Waals surface area contributed by atoms with Crippen molar-refractivity contribution in [1.82, 2.24) is 9.13 Å². The minimum atomic E-state index is -1.28. The van der Waals surface area contributed by atoms with Crippen LogP contribution in [0.25, 0.3) is 99.5 Å². The van der Waals surface area contributed by atoms with Crippen molar-refractivity contribution in [3.05, 3.63) is 376 Å². The van der Waals surface area contributed by atoms with Gasteiger partial charge in [-0.25, -0.2) is 0 Å². The minimum absolute atomic E-state index is 0.00859. The number of aromatic nitrogens is 2. The van der Waals surface area contributed by atoms with Gasteiger partial charge in [0.2, 0.25) is 0 Å². The normalized spacial score (nSPS) is 16.2. The van der Waals surface area contributed by atoms with Gasteiger partial charge in [-0.15, -0.1) is 0 Å². The predicted octanol–water partition coefficient (Wildman–Crippen LogP) is 29.5. The third-order valence-corrected chi connectivity index (χ3v) is 25.2. The molecule has 4 nitrogen and oxygen atoms in total. The molecular weight excluding hydrogens is 1460 g/mol. The highest BCUT2D eigenvalue weighted by molar-refractivity contribution is 7.00. The van der Waals surface area contributed by atoms with Crippen molar-refractivity contribution in [2.24, 2.45) is 0 Å². The Balaban J connectivity index is 1.08. The largest absolute Gasteiger partial charge is 0.310 e. The zero-order valence-corrected chi connectivity index (χ0v) is 72.0. The second-order valence-corrected chi connectivity index (χ2v) is 39.4. The summed E-state index contributed by atoms with van der Waals surface area (Å²) in [6, 6.07) is 49.8. The van der Waals surface area contributed by atoms with Gasteiger partial charge < -0.3 is 18.9 Å². The molecule has 0 spiro atoms. The van der Waals surface area contributed by atoms with E-state index in [9.17, 15) is 28.8 Å². The molecular formula is C116H109BN4. The first-order valence-electron chi connectivity index (χ1n) is 52.6. The Morgan fingerprint density at radius 1 is 0.298 bits per heavy atom. The molecule has 0 saturated carbocycles. The molecule has 5 heteroatoms. The maximum atomic E-state index is 11.4. The molecule has 17 aromatic rings. The van der Waals surface area contributed by atoms with Gasteiger partial charge in [0.25, 0.3) is 6.71 Å². The molecule has 0 atom stereocenters. The number of fused-ring (bicyclic) bond motifs is 12. The van der Waals surface area contributed by atoms with Gasteiger partial charge in [-0.1, -0.05) is 330 Å². The summed E-state index contributed by atoms with van der Waals surface area (Å²) >= 11 is 0. The van der Waals surface area contributed by atoms with Crippen LogP contribution in [0.3, 0.4) is 0 Å². The highest BCUT2D eigenvalue weighted by Gasteiger charge is 2.47. The van der Waals surface area contributed by atoms with Gasteiger partial charge in [-0.05, 0) is 248 Å². The first kappa shape index (κ1) is 56.9. The molecule has 0 bridgehead atoms. The lowest BCUT2D eigenvalue weighted by Crippen LogP contribution is -2.61. The fraction of sp³-hybridized carbons (Fsp3) is 0.224. The van der Waals surface area contributed by atoms with Crippen LogP contribution in [0.2, 0.25) is 0 Å². The van der Waals surface area contributed by atoms with Crippen LogP contribution in [0.1, 0.15) is 221 Å². The van der Waals surface area contributed by atoms with Crippen LogP contribution in [-0.4, -0.2) is 15.8 Å². The Kier molecular flexibility index (Phi) is 13.2. The lowest BCUT2D eigenvalue weighted by molar-refractivity contribution is 0.590. The Labute approximate surface area is 746 Å². The lowest BCUT2D eigenvalue weighted by Gasteiger charge is -2.46. The first-order chi connectivity index (χ1) is 66.5. The molecule has 0 fully saturated rings. The molecule has 0 N–H and O–H groups in total. The summed E-state index contributed by atoms with van der Waals surface area (Å²) in [5, 5.41) is 3.79. The van der Waals surface area contributed by atoms with Crippen molar-refractivity contribution in [2.75, 3.05) is 9.80 Å². The second-order valence-electron chi connectivity index (χ2n) is 39.4. The van der Waals surface area contributed by atoms with Gasteiger partial charge in [0.05, 0.1) is 62.2 Å². The van der Waals surface area contributed by atoms with E-state index in [1.165, 1.54) is 0 Å². The highest BCUT2D eigenvalue weighted by Crippen LogP contribution is 2.57. The summed E-state index contributed by atoms with van der Waals surface area (Å²) in [7, 11) is 0. The van der Waals surface area contributed by atoms with Gasteiger partial charge in [-0.2, -0.15) is 0 Å². The first-order valence-corrected chi connectivity index (χ1v) is 42.1. The van der Waals surface area contributed by atoms with E-state index < -0.39 is 161 Å². The zero-order chi connectivity index (χ0) is 102. The number of hydrogen-bond acceptors (Lipinski definition) is 2. The number of benzene rings is 15. The molecule has 20 rings (SSSR count). The minimum Gasteiger partial charge on any atom is -0.310 e. The summed E-state index contributed by atoms with van der Waals surface area (Å²) in [5.41, 5.74) is 10.1. The van der Waals surface area contributed by atoms with Crippen LogP contribution in [0.15, 0.2) is 315 Å². The van der Waals surface area contributed by atoms with E-state index in [0.717, 1.165) is 94.2 Å².